The van der Waals surface area contributed by atoms with Crippen LogP contribution in [-0.4, -0.2) is 27.9 Å². The van der Waals surface area contributed by atoms with Gasteiger partial charge in [0, 0.05) is 24.3 Å². The maximum absolute atomic E-state index is 4.92. The molecule has 0 aliphatic heterocycles. The molecule has 1 aromatic rings. The van der Waals surface area contributed by atoms with Crippen LogP contribution in [0.5, 0.6) is 0 Å². The standard InChI is InChI=1S/C18H32N2Si2/c1-15(19-21(3,4)5)13-17-11-9-10-12-18(17)14-16(2)20-22(6,7)8/h9-12H,13-14H2,1-8H3. The first-order valence-corrected chi connectivity index (χ1v) is 15.0. The van der Waals surface area contributed by atoms with Gasteiger partial charge in [0.15, 0.2) is 16.5 Å². The highest BCUT2D eigenvalue weighted by atomic mass is 28.3. The van der Waals surface area contributed by atoms with Crippen LogP contribution in [0, 0.1) is 0 Å². The van der Waals surface area contributed by atoms with Gasteiger partial charge in [0.1, 0.15) is 0 Å². The van der Waals surface area contributed by atoms with Crippen LogP contribution in [-0.2, 0) is 12.8 Å². The molecule has 0 amide bonds. The number of benzene rings is 1. The van der Waals surface area contributed by atoms with Gasteiger partial charge in [-0.3, -0.25) is 0 Å². The van der Waals surface area contributed by atoms with Gasteiger partial charge in [-0.25, -0.2) is 0 Å². The van der Waals surface area contributed by atoms with Crippen LogP contribution < -0.4 is 0 Å². The molecule has 0 atom stereocenters. The van der Waals surface area contributed by atoms with E-state index in [-0.39, 0.29) is 0 Å². The molecule has 22 heavy (non-hydrogen) atoms. The maximum Gasteiger partial charge on any atom is 0.172 e. The fourth-order valence-electron chi connectivity index (χ4n) is 2.68. The molecular weight excluding hydrogens is 300 g/mol. The number of rotatable bonds is 6. The summed E-state index contributed by atoms with van der Waals surface area (Å²) < 4.78 is 9.83. The summed E-state index contributed by atoms with van der Waals surface area (Å²) in [7, 11) is -2.77. The van der Waals surface area contributed by atoms with Crippen molar-refractivity contribution in [3.63, 3.8) is 0 Å². The second-order valence-corrected chi connectivity index (χ2v) is 17.3. The second kappa shape index (κ2) is 7.51. The molecule has 0 saturated heterocycles. The van der Waals surface area contributed by atoms with Crippen molar-refractivity contribution in [1.82, 2.24) is 0 Å². The molecule has 0 N–H and O–H groups in total. The fourth-order valence-corrected chi connectivity index (χ4v) is 5.13. The molecule has 2 nitrogen and oxygen atoms in total. The molecule has 4 heteroatoms. The van der Waals surface area contributed by atoms with E-state index in [0.29, 0.717) is 0 Å². The van der Waals surface area contributed by atoms with Crippen molar-refractivity contribution in [2.45, 2.75) is 66.0 Å². The molecule has 0 aromatic heterocycles. The van der Waals surface area contributed by atoms with Crippen LogP contribution in [0.3, 0.4) is 0 Å². The van der Waals surface area contributed by atoms with E-state index < -0.39 is 16.5 Å². The van der Waals surface area contributed by atoms with Crippen molar-refractivity contribution in [3.05, 3.63) is 35.4 Å². The van der Waals surface area contributed by atoms with E-state index in [2.05, 4.69) is 77.4 Å². The lowest BCUT2D eigenvalue weighted by Crippen LogP contribution is -2.20. The molecule has 122 valence electrons. The Hall–Kier alpha value is -1.01. The van der Waals surface area contributed by atoms with Gasteiger partial charge in [0.05, 0.1) is 0 Å². The highest BCUT2D eigenvalue weighted by Crippen LogP contribution is 2.14. The van der Waals surface area contributed by atoms with E-state index in [9.17, 15) is 0 Å². The van der Waals surface area contributed by atoms with Crippen molar-refractivity contribution in [2.24, 2.45) is 9.32 Å². The summed E-state index contributed by atoms with van der Waals surface area (Å²) in [4.78, 5) is 0. The molecule has 0 aliphatic carbocycles. The number of hydrogen-bond acceptors (Lipinski definition) is 2. The lowest BCUT2D eigenvalue weighted by molar-refractivity contribution is 1.19. The molecule has 0 fully saturated rings. The predicted molar refractivity (Wildman–Crippen MR) is 107 cm³/mol. The van der Waals surface area contributed by atoms with Crippen LogP contribution >= 0.6 is 0 Å². The Balaban J connectivity index is 2.96. The first-order valence-electron chi connectivity index (χ1n) is 8.14. The van der Waals surface area contributed by atoms with Crippen molar-refractivity contribution < 1.29 is 0 Å². The summed E-state index contributed by atoms with van der Waals surface area (Å²) >= 11 is 0. The number of nitrogens with zero attached hydrogens (tertiary/aromatic N) is 2. The zero-order chi connectivity index (χ0) is 17.0. The summed E-state index contributed by atoms with van der Waals surface area (Å²) in [5.41, 5.74) is 5.30. The van der Waals surface area contributed by atoms with Gasteiger partial charge in [0.2, 0.25) is 0 Å². The van der Waals surface area contributed by atoms with E-state index in [0.717, 1.165) is 12.8 Å². The summed E-state index contributed by atoms with van der Waals surface area (Å²) in [6.45, 7) is 18.0. The third kappa shape index (κ3) is 7.85. The smallest absolute Gasteiger partial charge is 0.172 e. The Morgan fingerprint density at radius 2 is 1.05 bits per heavy atom. The Morgan fingerprint density at radius 1 is 0.727 bits per heavy atom. The van der Waals surface area contributed by atoms with E-state index in [4.69, 9.17) is 9.32 Å². The molecule has 1 aromatic carbocycles. The SMILES string of the molecule is CC(Cc1ccccc1CC(C)=N[Si](C)(C)C)=N[Si](C)(C)C. The van der Waals surface area contributed by atoms with Crippen LogP contribution in [0.25, 0.3) is 0 Å². The van der Waals surface area contributed by atoms with Crippen molar-refractivity contribution in [1.29, 1.82) is 0 Å². The Bertz CT molecular complexity index is 510. The minimum atomic E-state index is -1.39. The molecule has 0 radical (unpaired) electrons. The topological polar surface area (TPSA) is 24.7 Å². The van der Waals surface area contributed by atoms with Gasteiger partial charge < -0.3 is 9.32 Å². The second-order valence-electron chi connectivity index (χ2n) is 8.16. The fraction of sp³-hybridized carbons (Fsp3) is 0.556. The average molecular weight is 333 g/mol. The molecule has 0 unspecified atom stereocenters. The summed E-state index contributed by atoms with van der Waals surface area (Å²) in [5.74, 6) is 0. The third-order valence-electron chi connectivity index (χ3n) is 3.06. The van der Waals surface area contributed by atoms with Gasteiger partial charge in [-0.2, -0.15) is 0 Å². The molecule has 0 spiro atoms. The van der Waals surface area contributed by atoms with Gasteiger partial charge >= 0.3 is 0 Å². The zero-order valence-corrected chi connectivity index (χ0v) is 17.6. The minimum Gasteiger partial charge on any atom is -0.330 e. The Kier molecular flexibility index (Phi) is 6.50. The van der Waals surface area contributed by atoms with Crippen molar-refractivity contribution in [3.8, 4) is 0 Å². The van der Waals surface area contributed by atoms with Crippen LogP contribution in [0.15, 0.2) is 33.6 Å². The van der Waals surface area contributed by atoms with Crippen molar-refractivity contribution >= 4 is 27.9 Å². The van der Waals surface area contributed by atoms with E-state index in [1.54, 1.807) is 0 Å². The normalized spacial score (nSPS) is 14.4. The molecule has 0 aliphatic rings. The predicted octanol–water partition coefficient (Wildman–Crippen LogP) is 5.36. The third-order valence-corrected chi connectivity index (χ3v) is 5.17. The van der Waals surface area contributed by atoms with Crippen molar-refractivity contribution in [2.75, 3.05) is 0 Å². The highest BCUT2D eigenvalue weighted by molar-refractivity contribution is 6.75. The molecule has 0 saturated carbocycles. The van der Waals surface area contributed by atoms with E-state index in [1.165, 1.54) is 22.6 Å². The minimum absolute atomic E-state index is 0.959. The molecular formula is C18H32N2Si2. The lowest BCUT2D eigenvalue weighted by atomic mass is 9.98. The maximum atomic E-state index is 4.92. The first-order chi connectivity index (χ1) is 9.96. The molecule has 1 rings (SSSR count). The van der Waals surface area contributed by atoms with E-state index >= 15 is 0 Å². The van der Waals surface area contributed by atoms with Crippen LogP contribution in [0.4, 0.5) is 0 Å². The van der Waals surface area contributed by atoms with Gasteiger partial charge in [0.25, 0.3) is 0 Å². The summed E-state index contributed by atoms with van der Waals surface area (Å²) in [5, 5.41) is 0. The van der Waals surface area contributed by atoms with Gasteiger partial charge in [-0.15, -0.1) is 0 Å². The lowest BCUT2D eigenvalue weighted by Gasteiger charge is -2.15. The highest BCUT2D eigenvalue weighted by Gasteiger charge is 2.14. The summed E-state index contributed by atoms with van der Waals surface area (Å²) in [6, 6.07) is 8.73. The van der Waals surface area contributed by atoms with Crippen LogP contribution in [0.1, 0.15) is 25.0 Å². The van der Waals surface area contributed by atoms with Gasteiger partial charge in [-0.05, 0) is 64.3 Å². The van der Waals surface area contributed by atoms with Crippen LogP contribution in [0.2, 0.25) is 39.3 Å². The Labute approximate surface area is 139 Å². The molecule has 0 bridgehead atoms. The van der Waals surface area contributed by atoms with Gasteiger partial charge in [-0.1, -0.05) is 24.3 Å². The zero-order valence-electron chi connectivity index (χ0n) is 15.6. The number of hydrogen-bond donors (Lipinski definition) is 0. The first kappa shape index (κ1) is 19.0. The molecule has 0 heterocycles. The largest absolute Gasteiger partial charge is 0.330 e. The monoisotopic (exact) mass is 332 g/mol. The van der Waals surface area contributed by atoms with E-state index in [1.807, 2.05) is 0 Å². The average Bonchev–Trinajstić information content (AvgIpc) is 2.26. The summed E-state index contributed by atoms with van der Waals surface area (Å²) in [6.07, 6.45) is 1.92. The Morgan fingerprint density at radius 3 is 1.32 bits per heavy atom. The quantitative estimate of drug-likeness (QED) is 0.494.